The number of rotatable bonds is 3. The summed E-state index contributed by atoms with van der Waals surface area (Å²) in [4.78, 5) is 16.6. The molecule has 1 spiro atoms. The van der Waals surface area contributed by atoms with Gasteiger partial charge in [0.05, 0.1) is 0 Å². The van der Waals surface area contributed by atoms with E-state index in [0.29, 0.717) is 0 Å². The number of amides is 1. The van der Waals surface area contributed by atoms with Crippen LogP contribution in [-0.4, -0.2) is 16.5 Å². The molecule has 0 atom stereocenters. The minimum Gasteiger partial charge on any atom is -0.483 e. The number of anilines is 1. The fourth-order valence-corrected chi connectivity index (χ4v) is 3.90. The number of benzene rings is 2. The molecule has 0 saturated heterocycles. The van der Waals surface area contributed by atoms with Crippen molar-refractivity contribution in [2.45, 2.75) is 24.9 Å². The van der Waals surface area contributed by atoms with E-state index in [1.54, 1.807) is 12.3 Å². The zero-order chi connectivity index (χ0) is 20.7. The Morgan fingerprint density at radius 1 is 1.00 bits per heavy atom. The molecule has 1 amide bonds. The summed E-state index contributed by atoms with van der Waals surface area (Å²) in [5, 5.41) is 2.45. The third-order valence-electron chi connectivity index (χ3n) is 5.60. The molecule has 0 unspecified atom stereocenters. The summed E-state index contributed by atoms with van der Waals surface area (Å²) in [6, 6.07) is 14.6. The summed E-state index contributed by atoms with van der Waals surface area (Å²) in [6.45, 7) is 0. The molecule has 0 radical (unpaired) electrons. The van der Waals surface area contributed by atoms with Crippen molar-refractivity contribution in [1.82, 2.24) is 4.98 Å². The number of aromatic nitrogens is 1. The molecule has 2 aromatic carbocycles. The molecule has 2 aliphatic rings. The summed E-state index contributed by atoms with van der Waals surface area (Å²) in [6.07, 6.45) is 6.87. The van der Waals surface area contributed by atoms with Gasteiger partial charge in [-0.25, -0.2) is 13.8 Å². The van der Waals surface area contributed by atoms with Gasteiger partial charge in [-0.1, -0.05) is 24.3 Å². The molecule has 1 aromatic heterocycles. The highest BCUT2D eigenvalue weighted by Crippen LogP contribution is 2.47. The normalized spacial score (nSPS) is 16.1. The van der Waals surface area contributed by atoms with Crippen LogP contribution < -0.4 is 10.1 Å². The van der Waals surface area contributed by atoms with Gasteiger partial charge in [0.2, 0.25) is 0 Å². The zero-order valence-corrected chi connectivity index (χ0v) is 16.0. The van der Waals surface area contributed by atoms with E-state index in [1.807, 2.05) is 30.3 Å². The fraction of sp³-hybridized carbons (Fsp3) is 0.167. The minimum atomic E-state index is -0.918. The van der Waals surface area contributed by atoms with Crippen LogP contribution in [-0.2, 0) is 0 Å². The number of para-hydroxylation sites is 1. The first-order chi connectivity index (χ1) is 14.5. The van der Waals surface area contributed by atoms with Crippen LogP contribution in [0.25, 0.3) is 5.57 Å². The van der Waals surface area contributed by atoms with Crippen molar-refractivity contribution < 1.29 is 18.3 Å². The molecule has 1 aliphatic heterocycles. The van der Waals surface area contributed by atoms with E-state index in [4.69, 9.17) is 4.74 Å². The molecule has 6 heteroatoms. The van der Waals surface area contributed by atoms with Gasteiger partial charge < -0.3 is 10.1 Å². The van der Waals surface area contributed by atoms with Gasteiger partial charge in [-0.3, -0.25) is 4.79 Å². The highest BCUT2D eigenvalue weighted by Gasteiger charge is 2.41. The van der Waals surface area contributed by atoms with Crippen molar-refractivity contribution in [1.29, 1.82) is 0 Å². The smallest absolute Gasteiger partial charge is 0.262 e. The number of carbonyl (C=O) groups excluding carboxylic acids is 1. The first-order valence-electron chi connectivity index (χ1n) is 9.78. The van der Waals surface area contributed by atoms with Gasteiger partial charge in [-0.05, 0) is 61.2 Å². The highest BCUT2D eigenvalue weighted by molar-refractivity contribution is 6.04. The summed E-state index contributed by atoms with van der Waals surface area (Å²) in [5.74, 6) is -1.65. The van der Waals surface area contributed by atoms with Crippen LogP contribution in [0, 0.1) is 11.6 Å². The number of pyridine rings is 1. The molecule has 150 valence electrons. The largest absolute Gasteiger partial charge is 0.483 e. The first kappa shape index (κ1) is 18.5. The summed E-state index contributed by atoms with van der Waals surface area (Å²) in [5.41, 5.74) is 2.01. The van der Waals surface area contributed by atoms with E-state index < -0.39 is 23.1 Å². The van der Waals surface area contributed by atoms with Crippen molar-refractivity contribution in [2.75, 3.05) is 5.32 Å². The Morgan fingerprint density at radius 2 is 1.77 bits per heavy atom. The van der Waals surface area contributed by atoms with Crippen molar-refractivity contribution in [3.63, 3.8) is 0 Å². The molecular formula is C24H18F2N2O2. The zero-order valence-electron chi connectivity index (χ0n) is 16.0. The lowest BCUT2D eigenvalue weighted by molar-refractivity contribution is 0.0377. The Kier molecular flexibility index (Phi) is 4.35. The number of ether oxygens (including phenoxy) is 1. The van der Waals surface area contributed by atoms with E-state index in [2.05, 4.69) is 16.4 Å². The Balaban J connectivity index is 1.43. The van der Waals surface area contributed by atoms with Crippen LogP contribution in [0.15, 0.2) is 66.9 Å². The summed E-state index contributed by atoms with van der Waals surface area (Å²) >= 11 is 0. The average molecular weight is 404 g/mol. The lowest BCUT2D eigenvalue weighted by atomic mass is 9.75. The third kappa shape index (κ3) is 3.14. The monoisotopic (exact) mass is 404 g/mol. The van der Waals surface area contributed by atoms with Crippen LogP contribution in [0.3, 0.4) is 0 Å². The predicted molar refractivity (Wildman–Crippen MR) is 109 cm³/mol. The third-order valence-corrected chi connectivity index (χ3v) is 5.60. The molecule has 1 saturated carbocycles. The van der Waals surface area contributed by atoms with Gasteiger partial charge in [0.1, 0.15) is 34.4 Å². The van der Waals surface area contributed by atoms with E-state index in [-0.39, 0.29) is 11.4 Å². The fourth-order valence-electron chi connectivity index (χ4n) is 3.90. The molecule has 30 heavy (non-hydrogen) atoms. The van der Waals surface area contributed by atoms with Crippen LogP contribution >= 0.6 is 0 Å². The molecule has 1 N–H and O–H groups in total. The van der Waals surface area contributed by atoms with Crippen molar-refractivity contribution in [3.8, 4) is 5.75 Å². The number of hydrogen-bond acceptors (Lipinski definition) is 3. The van der Waals surface area contributed by atoms with E-state index in [1.165, 1.54) is 6.07 Å². The van der Waals surface area contributed by atoms with Crippen LogP contribution in [0.5, 0.6) is 5.75 Å². The second-order valence-corrected chi connectivity index (χ2v) is 7.56. The van der Waals surface area contributed by atoms with Crippen LogP contribution in [0.4, 0.5) is 14.6 Å². The van der Waals surface area contributed by atoms with Crippen LogP contribution in [0.2, 0.25) is 0 Å². The topological polar surface area (TPSA) is 51.2 Å². The van der Waals surface area contributed by atoms with Gasteiger partial charge in [0.15, 0.2) is 0 Å². The van der Waals surface area contributed by atoms with Crippen molar-refractivity contribution in [2.24, 2.45) is 0 Å². The quantitative estimate of drug-likeness (QED) is 0.640. The van der Waals surface area contributed by atoms with E-state index in [0.717, 1.165) is 53.8 Å². The number of fused-ring (bicyclic) bond motifs is 1. The molecule has 1 fully saturated rings. The van der Waals surface area contributed by atoms with Crippen molar-refractivity contribution in [3.05, 3.63) is 95.2 Å². The Hall–Kier alpha value is -3.54. The van der Waals surface area contributed by atoms with Crippen LogP contribution in [0.1, 0.15) is 40.7 Å². The van der Waals surface area contributed by atoms with E-state index >= 15 is 0 Å². The lowest BCUT2D eigenvalue weighted by Gasteiger charge is -2.43. The number of hydrogen-bond donors (Lipinski definition) is 1. The SMILES string of the molecule is O=C(Nc1ccc(C2=CC3(CCC3)Oc3ccccc32)cn1)c1c(F)cccc1F. The lowest BCUT2D eigenvalue weighted by Crippen LogP contribution is -2.43. The second-order valence-electron chi connectivity index (χ2n) is 7.56. The second kappa shape index (κ2) is 7.06. The highest BCUT2D eigenvalue weighted by atomic mass is 19.1. The predicted octanol–water partition coefficient (Wildman–Crippen LogP) is 5.36. The van der Waals surface area contributed by atoms with Gasteiger partial charge in [-0.2, -0.15) is 0 Å². The Bertz CT molecular complexity index is 1150. The van der Waals surface area contributed by atoms with Gasteiger partial charge >= 0.3 is 0 Å². The summed E-state index contributed by atoms with van der Waals surface area (Å²) in [7, 11) is 0. The van der Waals surface area contributed by atoms with E-state index in [9.17, 15) is 13.6 Å². The number of nitrogens with zero attached hydrogens (tertiary/aromatic N) is 1. The number of carbonyl (C=O) groups is 1. The molecule has 3 aromatic rings. The van der Waals surface area contributed by atoms with Gasteiger partial charge in [0.25, 0.3) is 5.91 Å². The maximum absolute atomic E-state index is 13.8. The Morgan fingerprint density at radius 3 is 2.43 bits per heavy atom. The summed E-state index contributed by atoms with van der Waals surface area (Å²) < 4.78 is 33.9. The molecule has 4 nitrogen and oxygen atoms in total. The Labute approximate surface area is 172 Å². The maximum atomic E-state index is 13.8. The van der Waals surface area contributed by atoms with Gasteiger partial charge in [-0.15, -0.1) is 0 Å². The first-order valence-corrected chi connectivity index (χ1v) is 9.78. The van der Waals surface area contributed by atoms with Gasteiger partial charge in [0, 0.05) is 17.3 Å². The molecule has 5 rings (SSSR count). The van der Waals surface area contributed by atoms with Crippen molar-refractivity contribution >= 4 is 17.3 Å². The minimum absolute atomic E-state index is 0.214. The number of halogens is 2. The molecular weight excluding hydrogens is 386 g/mol. The number of nitrogens with one attached hydrogen (secondary N) is 1. The molecule has 0 bridgehead atoms. The molecule has 1 aliphatic carbocycles. The maximum Gasteiger partial charge on any atom is 0.262 e. The standard InChI is InChI=1S/C24H18F2N2O2/c25-18-6-3-7-19(26)22(18)23(29)28-21-10-9-15(14-27-21)17-13-24(11-4-12-24)30-20-8-2-1-5-16(17)20/h1-3,5-10,13-14H,4,11-12H2,(H,27,28,29). The average Bonchev–Trinajstić information content (AvgIpc) is 2.72. The molecule has 2 heterocycles.